The zero-order chi connectivity index (χ0) is 13.3. The maximum Gasteiger partial charge on any atom is 0.334 e. The van der Waals surface area contributed by atoms with Gasteiger partial charge < -0.3 is 9.67 Å². The van der Waals surface area contributed by atoms with Gasteiger partial charge in [0.25, 0.3) is 0 Å². The Kier molecular flexibility index (Phi) is 2.95. The summed E-state index contributed by atoms with van der Waals surface area (Å²) >= 11 is 0. The number of nitrogens with zero attached hydrogens (tertiary/aromatic N) is 2. The number of carboxylic acid groups (broad SMARTS) is 1. The third-order valence-corrected chi connectivity index (χ3v) is 3.49. The lowest BCUT2D eigenvalue weighted by atomic mass is 9.91. The molecule has 0 aliphatic carbocycles. The Morgan fingerprint density at radius 1 is 1.28 bits per heavy atom. The van der Waals surface area contributed by atoms with Gasteiger partial charge in [-0.3, -0.25) is 0 Å². The van der Waals surface area contributed by atoms with Crippen molar-refractivity contribution >= 4 is 5.97 Å². The molecule has 1 heterocycles. The number of hydrogen-bond acceptors (Lipinski definition) is 2. The first kappa shape index (κ1) is 12.4. The van der Waals surface area contributed by atoms with Crippen LogP contribution in [0.15, 0.2) is 36.7 Å². The van der Waals surface area contributed by atoms with Crippen molar-refractivity contribution in [2.45, 2.75) is 26.3 Å². The number of aliphatic carboxylic acids is 1. The number of carboxylic acids is 1. The Morgan fingerprint density at radius 3 is 2.33 bits per heavy atom. The van der Waals surface area contributed by atoms with Gasteiger partial charge in [-0.15, -0.1) is 0 Å². The van der Waals surface area contributed by atoms with Crippen LogP contribution in [0.4, 0.5) is 0 Å². The second kappa shape index (κ2) is 4.29. The molecule has 0 aliphatic rings. The topological polar surface area (TPSA) is 55.1 Å². The van der Waals surface area contributed by atoms with E-state index in [0.29, 0.717) is 0 Å². The fraction of sp³-hybridized carbons (Fsp3) is 0.286. The highest BCUT2D eigenvalue weighted by molar-refractivity contribution is 5.81. The summed E-state index contributed by atoms with van der Waals surface area (Å²) in [5.41, 5.74) is 1.31. The summed E-state index contributed by atoms with van der Waals surface area (Å²) in [5, 5.41) is 9.62. The standard InChI is InChI=1S/C14H16N2O2/c1-10-11(2)16(9-15-10)14(3,13(17)18)12-7-5-4-6-8-12/h4-9H,1-3H3,(H,17,18). The molecule has 1 aromatic heterocycles. The minimum atomic E-state index is -1.13. The molecule has 0 aliphatic heterocycles. The van der Waals surface area contributed by atoms with E-state index in [9.17, 15) is 9.90 Å². The van der Waals surface area contributed by atoms with Crippen molar-refractivity contribution in [2.24, 2.45) is 0 Å². The molecule has 1 unspecified atom stereocenters. The van der Waals surface area contributed by atoms with Gasteiger partial charge in [-0.2, -0.15) is 0 Å². The molecule has 0 bridgehead atoms. The van der Waals surface area contributed by atoms with Gasteiger partial charge >= 0.3 is 5.97 Å². The molecule has 0 fully saturated rings. The minimum absolute atomic E-state index is 0.734. The van der Waals surface area contributed by atoms with E-state index in [-0.39, 0.29) is 0 Å². The molecule has 1 N–H and O–H groups in total. The summed E-state index contributed by atoms with van der Waals surface area (Å²) in [4.78, 5) is 15.9. The third kappa shape index (κ3) is 1.70. The number of benzene rings is 1. The Labute approximate surface area is 106 Å². The molecule has 2 aromatic rings. The highest BCUT2D eigenvalue weighted by Crippen LogP contribution is 2.28. The van der Waals surface area contributed by atoms with Gasteiger partial charge in [0, 0.05) is 5.69 Å². The SMILES string of the molecule is Cc1ncn(C(C)(C(=O)O)c2ccccc2)c1C. The fourth-order valence-electron chi connectivity index (χ4n) is 2.08. The molecule has 0 saturated heterocycles. The predicted octanol–water partition coefficient (Wildman–Crippen LogP) is 2.35. The van der Waals surface area contributed by atoms with E-state index in [4.69, 9.17) is 0 Å². The van der Waals surface area contributed by atoms with Gasteiger partial charge in [-0.05, 0) is 26.3 Å². The number of carbonyl (C=O) groups is 1. The van der Waals surface area contributed by atoms with E-state index >= 15 is 0 Å². The number of aryl methyl sites for hydroxylation is 1. The lowest BCUT2D eigenvalue weighted by Crippen LogP contribution is -2.40. The van der Waals surface area contributed by atoms with Gasteiger partial charge in [0.05, 0.1) is 12.0 Å². The average Bonchev–Trinajstić information content (AvgIpc) is 2.70. The predicted molar refractivity (Wildman–Crippen MR) is 68.5 cm³/mol. The van der Waals surface area contributed by atoms with Crippen LogP contribution in [0, 0.1) is 13.8 Å². The van der Waals surface area contributed by atoms with Crippen molar-refractivity contribution in [3.63, 3.8) is 0 Å². The van der Waals surface area contributed by atoms with Gasteiger partial charge in [0.15, 0.2) is 5.54 Å². The number of hydrogen-bond donors (Lipinski definition) is 1. The highest BCUT2D eigenvalue weighted by atomic mass is 16.4. The van der Waals surface area contributed by atoms with Gasteiger partial charge in [0.1, 0.15) is 0 Å². The van der Waals surface area contributed by atoms with Crippen LogP contribution in [0.2, 0.25) is 0 Å². The van der Waals surface area contributed by atoms with Crippen molar-refractivity contribution in [1.29, 1.82) is 0 Å². The zero-order valence-corrected chi connectivity index (χ0v) is 10.7. The van der Waals surface area contributed by atoms with Crippen LogP contribution in [-0.2, 0) is 10.3 Å². The minimum Gasteiger partial charge on any atom is -0.479 e. The van der Waals surface area contributed by atoms with E-state index < -0.39 is 11.5 Å². The van der Waals surface area contributed by atoms with Crippen molar-refractivity contribution in [3.8, 4) is 0 Å². The van der Waals surface area contributed by atoms with Crippen molar-refractivity contribution in [1.82, 2.24) is 9.55 Å². The molecule has 4 nitrogen and oxygen atoms in total. The molecule has 18 heavy (non-hydrogen) atoms. The second-order valence-corrected chi connectivity index (χ2v) is 4.53. The maximum absolute atomic E-state index is 11.7. The third-order valence-electron chi connectivity index (χ3n) is 3.49. The number of rotatable bonds is 3. The fourth-order valence-corrected chi connectivity index (χ4v) is 2.08. The summed E-state index contributed by atoms with van der Waals surface area (Å²) in [6, 6.07) is 9.20. The van der Waals surface area contributed by atoms with Crippen LogP contribution in [0.5, 0.6) is 0 Å². The molecular formula is C14H16N2O2. The number of imidazole rings is 1. The number of aromatic nitrogens is 2. The van der Waals surface area contributed by atoms with E-state index in [2.05, 4.69) is 4.98 Å². The Hall–Kier alpha value is -2.10. The molecule has 0 amide bonds. The molecule has 1 aromatic carbocycles. The second-order valence-electron chi connectivity index (χ2n) is 4.53. The molecule has 2 rings (SSSR count). The average molecular weight is 244 g/mol. The quantitative estimate of drug-likeness (QED) is 0.901. The summed E-state index contributed by atoms with van der Waals surface area (Å²) in [7, 11) is 0. The van der Waals surface area contributed by atoms with Crippen LogP contribution in [0.25, 0.3) is 0 Å². The van der Waals surface area contributed by atoms with E-state index in [1.165, 1.54) is 0 Å². The summed E-state index contributed by atoms with van der Waals surface area (Å²) in [6.07, 6.45) is 1.59. The van der Waals surface area contributed by atoms with E-state index in [0.717, 1.165) is 17.0 Å². The van der Waals surface area contributed by atoms with E-state index in [1.807, 2.05) is 44.2 Å². The molecule has 4 heteroatoms. The molecule has 0 saturated carbocycles. The lowest BCUT2D eigenvalue weighted by molar-refractivity contribution is -0.144. The molecule has 0 spiro atoms. The van der Waals surface area contributed by atoms with Gasteiger partial charge in [0.2, 0.25) is 0 Å². The summed E-state index contributed by atoms with van der Waals surface area (Å²) in [5.74, 6) is -0.894. The Morgan fingerprint density at radius 2 is 1.89 bits per heavy atom. The van der Waals surface area contributed by atoms with Crippen molar-refractivity contribution in [2.75, 3.05) is 0 Å². The van der Waals surface area contributed by atoms with Crippen LogP contribution in [-0.4, -0.2) is 20.6 Å². The van der Waals surface area contributed by atoms with Crippen LogP contribution < -0.4 is 0 Å². The summed E-state index contributed by atoms with van der Waals surface area (Å²) in [6.45, 7) is 5.45. The maximum atomic E-state index is 11.7. The normalized spacial score (nSPS) is 14.2. The van der Waals surface area contributed by atoms with Crippen LogP contribution in [0.1, 0.15) is 23.9 Å². The largest absolute Gasteiger partial charge is 0.479 e. The van der Waals surface area contributed by atoms with E-state index in [1.54, 1.807) is 17.8 Å². The van der Waals surface area contributed by atoms with Gasteiger partial charge in [-0.25, -0.2) is 9.78 Å². The summed E-state index contributed by atoms with van der Waals surface area (Å²) < 4.78 is 1.71. The molecular weight excluding hydrogens is 228 g/mol. The lowest BCUT2D eigenvalue weighted by Gasteiger charge is -2.28. The Balaban J connectivity index is 2.66. The zero-order valence-electron chi connectivity index (χ0n) is 10.7. The smallest absolute Gasteiger partial charge is 0.334 e. The molecule has 94 valence electrons. The van der Waals surface area contributed by atoms with Crippen molar-refractivity contribution in [3.05, 3.63) is 53.6 Å². The molecule has 1 atom stereocenters. The van der Waals surface area contributed by atoms with Crippen LogP contribution in [0.3, 0.4) is 0 Å². The first-order chi connectivity index (χ1) is 8.48. The molecule has 0 radical (unpaired) electrons. The van der Waals surface area contributed by atoms with Crippen molar-refractivity contribution < 1.29 is 9.90 Å². The first-order valence-corrected chi connectivity index (χ1v) is 5.78. The van der Waals surface area contributed by atoms with Crippen LogP contribution >= 0.6 is 0 Å². The highest BCUT2D eigenvalue weighted by Gasteiger charge is 2.38. The Bertz CT molecular complexity index is 575. The van der Waals surface area contributed by atoms with Gasteiger partial charge in [-0.1, -0.05) is 30.3 Å². The monoisotopic (exact) mass is 244 g/mol. The first-order valence-electron chi connectivity index (χ1n) is 5.78.